The van der Waals surface area contributed by atoms with Gasteiger partial charge >= 0.3 is 12.6 Å². The molecule has 1 aliphatic rings. The second-order valence-electron chi connectivity index (χ2n) is 5.06. The number of amides is 1. The SMILES string of the molecule is O=C(O)[C@@H]1CC[C@H](C(=O)Nc2ccc(Cl)c(OC(F)F)c2)C1. The standard InChI is InChI=1S/C14H14ClF2NO4/c15-10-4-3-9(6-11(10)22-14(16)17)18-12(19)7-1-2-8(5-7)13(20)21/h3-4,6-8,14H,1-2,5H2,(H,18,19)(H,20,21)/t7-,8+/m0/s1. The number of aliphatic carboxylic acids is 1. The minimum Gasteiger partial charge on any atom is -0.481 e. The molecular weight excluding hydrogens is 320 g/mol. The summed E-state index contributed by atoms with van der Waals surface area (Å²) in [7, 11) is 0. The number of carboxylic acids is 1. The van der Waals surface area contributed by atoms with Gasteiger partial charge in [0.15, 0.2) is 0 Å². The zero-order chi connectivity index (χ0) is 16.3. The molecule has 1 aromatic carbocycles. The fourth-order valence-corrected chi connectivity index (χ4v) is 2.62. The summed E-state index contributed by atoms with van der Waals surface area (Å²) < 4.78 is 28.7. The number of hydrogen-bond acceptors (Lipinski definition) is 3. The van der Waals surface area contributed by atoms with Crippen molar-refractivity contribution in [3.05, 3.63) is 23.2 Å². The highest BCUT2D eigenvalue weighted by molar-refractivity contribution is 6.32. The maximum absolute atomic E-state index is 12.2. The van der Waals surface area contributed by atoms with Crippen LogP contribution in [0.1, 0.15) is 19.3 Å². The number of ether oxygens (including phenoxy) is 1. The molecule has 1 saturated carbocycles. The van der Waals surface area contributed by atoms with Crippen molar-refractivity contribution in [3.8, 4) is 5.75 Å². The van der Waals surface area contributed by atoms with Gasteiger partial charge in [0.05, 0.1) is 10.9 Å². The molecule has 22 heavy (non-hydrogen) atoms. The van der Waals surface area contributed by atoms with Gasteiger partial charge in [0.25, 0.3) is 0 Å². The van der Waals surface area contributed by atoms with Crippen LogP contribution in [0.15, 0.2) is 18.2 Å². The van der Waals surface area contributed by atoms with Gasteiger partial charge in [0, 0.05) is 17.7 Å². The number of anilines is 1. The second kappa shape index (κ2) is 6.91. The molecular formula is C14H14ClF2NO4. The van der Waals surface area contributed by atoms with Crippen LogP contribution < -0.4 is 10.1 Å². The van der Waals surface area contributed by atoms with E-state index >= 15 is 0 Å². The van der Waals surface area contributed by atoms with Crippen LogP contribution in [0.25, 0.3) is 0 Å². The molecule has 2 N–H and O–H groups in total. The predicted molar refractivity (Wildman–Crippen MR) is 75.2 cm³/mol. The average molecular weight is 334 g/mol. The van der Waals surface area contributed by atoms with E-state index in [1.807, 2.05) is 0 Å². The molecule has 0 heterocycles. The maximum Gasteiger partial charge on any atom is 0.387 e. The van der Waals surface area contributed by atoms with Crippen molar-refractivity contribution in [2.24, 2.45) is 11.8 Å². The molecule has 120 valence electrons. The highest BCUT2D eigenvalue weighted by atomic mass is 35.5. The average Bonchev–Trinajstić information content (AvgIpc) is 2.92. The molecule has 8 heteroatoms. The Morgan fingerprint density at radius 2 is 2.00 bits per heavy atom. The van der Waals surface area contributed by atoms with E-state index in [-0.39, 0.29) is 28.8 Å². The van der Waals surface area contributed by atoms with Gasteiger partial charge in [0.1, 0.15) is 5.75 Å². The third kappa shape index (κ3) is 4.07. The number of halogens is 3. The van der Waals surface area contributed by atoms with E-state index < -0.39 is 24.4 Å². The lowest BCUT2D eigenvalue weighted by Crippen LogP contribution is -2.21. The molecule has 1 aromatic rings. The van der Waals surface area contributed by atoms with E-state index in [9.17, 15) is 18.4 Å². The van der Waals surface area contributed by atoms with E-state index in [0.29, 0.717) is 12.8 Å². The summed E-state index contributed by atoms with van der Waals surface area (Å²) in [5.41, 5.74) is 0.267. The molecule has 0 bridgehead atoms. The van der Waals surface area contributed by atoms with E-state index in [2.05, 4.69) is 10.1 Å². The van der Waals surface area contributed by atoms with Crippen LogP contribution in [-0.4, -0.2) is 23.6 Å². The Kier molecular flexibility index (Phi) is 5.18. The van der Waals surface area contributed by atoms with E-state index in [4.69, 9.17) is 16.7 Å². The fourth-order valence-electron chi connectivity index (χ4n) is 2.46. The van der Waals surface area contributed by atoms with Crippen LogP contribution >= 0.6 is 11.6 Å². The Bertz CT molecular complexity index is 582. The first-order valence-electron chi connectivity index (χ1n) is 6.65. The van der Waals surface area contributed by atoms with Crippen molar-refractivity contribution < 1.29 is 28.2 Å². The number of alkyl halides is 2. The van der Waals surface area contributed by atoms with Crippen molar-refractivity contribution in [1.82, 2.24) is 0 Å². The van der Waals surface area contributed by atoms with Crippen LogP contribution in [0.2, 0.25) is 5.02 Å². The van der Waals surface area contributed by atoms with Crippen molar-refractivity contribution in [2.45, 2.75) is 25.9 Å². The third-order valence-corrected chi connectivity index (χ3v) is 3.88. The summed E-state index contributed by atoms with van der Waals surface area (Å²) in [5.74, 6) is -2.40. The zero-order valence-corrected chi connectivity index (χ0v) is 12.1. The second-order valence-corrected chi connectivity index (χ2v) is 5.47. The summed E-state index contributed by atoms with van der Waals surface area (Å²) in [6, 6.07) is 4.00. The highest BCUT2D eigenvalue weighted by Crippen LogP contribution is 2.33. The molecule has 2 atom stereocenters. The number of hydrogen-bond donors (Lipinski definition) is 2. The summed E-state index contributed by atoms with van der Waals surface area (Å²) in [6.45, 7) is -3.02. The van der Waals surface area contributed by atoms with Gasteiger partial charge in [-0.05, 0) is 31.4 Å². The molecule has 2 rings (SSSR count). The molecule has 0 aliphatic heterocycles. The Morgan fingerprint density at radius 3 is 2.59 bits per heavy atom. The molecule has 0 spiro atoms. The van der Waals surface area contributed by atoms with E-state index in [1.54, 1.807) is 0 Å². The smallest absolute Gasteiger partial charge is 0.387 e. The molecule has 0 saturated heterocycles. The summed E-state index contributed by atoms with van der Waals surface area (Å²) in [4.78, 5) is 23.0. The summed E-state index contributed by atoms with van der Waals surface area (Å²) in [5, 5.41) is 11.5. The molecule has 1 aliphatic carbocycles. The Hall–Kier alpha value is -1.89. The number of carbonyl (C=O) groups excluding carboxylic acids is 1. The molecule has 5 nitrogen and oxygen atoms in total. The zero-order valence-electron chi connectivity index (χ0n) is 11.4. The van der Waals surface area contributed by atoms with Gasteiger partial charge in [-0.25, -0.2) is 0 Å². The number of rotatable bonds is 5. The monoisotopic (exact) mass is 333 g/mol. The van der Waals surface area contributed by atoms with Gasteiger partial charge in [-0.15, -0.1) is 0 Å². The van der Waals surface area contributed by atoms with Crippen molar-refractivity contribution in [3.63, 3.8) is 0 Å². The van der Waals surface area contributed by atoms with Gasteiger partial charge in [-0.1, -0.05) is 11.6 Å². The van der Waals surface area contributed by atoms with Gasteiger partial charge < -0.3 is 15.2 Å². The fraction of sp³-hybridized carbons (Fsp3) is 0.429. The minimum absolute atomic E-state index is 0.00473. The van der Waals surface area contributed by atoms with Crippen LogP contribution in [0.4, 0.5) is 14.5 Å². The quantitative estimate of drug-likeness (QED) is 0.866. The van der Waals surface area contributed by atoms with Crippen LogP contribution in [0.3, 0.4) is 0 Å². The van der Waals surface area contributed by atoms with Crippen LogP contribution in [-0.2, 0) is 9.59 Å². The number of nitrogens with one attached hydrogen (secondary N) is 1. The van der Waals surface area contributed by atoms with Crippen molar-refractivity contribution >= 4 is 29.2 Å². The van der Waals surface area contributed by atoms with Crippen LogP contribution in [0.5, 0.6) is 5.75 Å². The first kappa shape index (κ1) is 16.5. The summed E-state index contributed by atoms with van der Waals surface area (Å²) in [6.07, 6.45) is 1.21. The maximum atomic E-state index is 12.2. The van der Waals surface area contributed by atoms with Crippen molar-refractivity contribution in [2.75, 3.05) is 5.32 Å². The van der Waals surface area contributed by atoms with Crippen LogP contribution in [0, 0.1) is 11.8 Å². The molecule has 1 amide bonds. The summed E-state index contributed by atoms with van der Waals surface area (Å²) >= 11 is 5.72. The van der Waals surface area contributed by atoms with Crippen molar-refractivity contribution in [1.29, 1.82) is 0 Å². The molecule has 0 aromatic heterocycles. The largest absolute Gasteiger partial charge is 0.481 e. The first-order chi connectivity index (χ1) is 10.4. The Morgan fingerprint density at radius 1 is 1.32 bits per heavy atom. The lowest BCUT2D eigenvalue weighted by molar-refractivity contribution is -0.141. The number of carboxylic acid groups (broad SMARTS) is 1. The topological polar surface area (TPSA) is 75.6 Å². The highest BCUT2D eigenvalue weighted by Gasteiger charge is 2.33. The molecule has 0 radical (unpaired) electrons. The molecule has 0 unspecified atom stereocenters. The minimum atomic E-state index is -3.02. The third-order valence-electron chi connectivity index (χ3n) is 3.57. The van der Waals surface area contributed by atoms with E-state index in [1.165, 1.54) is 18.2 Å². The lowest BCUT2D eigenvalue weighted by Gasteiger charge is -2.13. The molecule has 1 fully saturated rings. The van der Waals surface area contributed by atoms with Gasteiger partial charge in [-0.2, -0.15) is 8.78 Å². The van der Waals surface area contributed by atoms with Gasteiger partial charge in [0.2, 0.25) is 5.91 Å². The van der Waals surface area contributed by atoms with Gasteiger partial charge in [-0.3, -0.25) is 9.59 Å². The Balaban J connectivity index is 2.01. The number of carbonyl (C=O) groups is 2. The lowest BCUT2D eigenvalue weighted by atomic mass is 10.0. The van der Waals surface area contributed by atoms with E-state index in [0.717, 1.165) is 0 Å². The first-order valence-corrected chi connectivity index (χ1v) is 7.02. The normalized spacial score (nSPS) is 20.9. The Labute approximate surface area is 130 Å². The predicted octanol–water partition coefficient (Wildman–Crippen LogP) is 3.38. The number of benzene rings is 1.